The van der Waals surface area contributed by atoms with Crippen molar-refractivity contribution in [3.05, 3.63) is 62.5 Å². The Labute approximate surface area is 192 Å². The second kappa shape index (κ2) is 10.8. The first-order valence-corrected chi connectivity index (χ1v) is 17.1. The van der Waals surface area contributed by atoms with E-state index in [1.165, 1.54) is 12.0 Å². The van der Waals surface area contributed by atoms with Crippen LogP contribution in [0.25, 0.3) is 6.08 Å². The van der Waals surface area contributed by atoms with Crippen LogP contribution in [0, 0.1) is 0 Å². The molecule has 0 bridgehead atoms. The molecule has 2 aliphatic carbocycles. The van der Waals surface area contributed by atoms with Gasteiger partial charge in [-0.3, -0.25) is 0 Å². The van der Waals surface area contributed by atoms with Crippen molar-refractivity contribution in [2.75, 3.05) is 0 Å². The third-order valence-electron chi connectivity index (χ3n) is 5.06. The first kappa shape index (κ1) is 26.0. The van der Waals surface area contributed by atoms with Crippen molar-refractivity contribution in [2.45, 2.75) is 63.0 Å². The van der Waals surface area contributed by atoms with Crippen LogP contribution < -0.4 is 24.8 Å². The summed E-state index contributed by atoms with van der Waals surface area (Å²) in [6.45, 7) is 13.9. The maximum absolute atomic E-state index is 6.34. The van der Waals surface area contributed by atoms with Crippen LogP contribution in [0.2, 0.25) is 19.6 Å². The van der Waals surface area contributed by atoms with Crippen LogP contribution in [0.1, 0.15) is 48.4 Å². The van der Waals surface area contributed by atoms with Crippen LogP contribution >= 0.6 is 0 Å². The summed E-state index contributed by atoms with van der Waals surface area (Å²) in [5, 5.41) is 0. The molecule has 0 saturated carbocycles. The molecule has 0 aliphatic heterocycles. The van der Waals surface area contributed by atoms with E-state index in [0.717, 1.165) is 6.42 Å². The molecule has 0 spiro atoms. The Morgan fingerprint density at radius 3 is 2.46 bits per heavy atom. The second-order valence-corrected chi connectivity index (χ2v) is 20.7. The minimum Gasteiger partial charge on any atom is -1.00 e. The average Bonchev–Trinajstić information content (AvgIpc) is 3.14. The maximum Gasteiger partial charge on any atom is -1.00 e. The minimum atomic E-state index is -1.92. The average molecular weight is 515 g/mol. The number of halogens is 2. The Hall–Kier alpha value is -0.0500. The van der Waals surface area contributed by atoms with E-state index in [9.17, 15) is 0 Å². The van der Waals surface area contributed by atoms with Gasteiger partial charge in [0.05, 0.1) is 0 Å². The van der Waals surface area contributed by atoms with Gasteiger partial charge < -0.3 is 24.8 Å². The summed E-state index contributed by atoms with van der Waals surface area (Å²) in [4.78, 5) is 0. The van der Waals surface area contributed by atoms with E-state index in [2.05, 4.69) is 89.0 Å². The van der Waals surface area contributed by atoms with Crippen LogP contribution in [-0.4, -0.2) is 17.6 Å². The predicted molar refractivity (Wildman–Crippen MR) is 114 cm³/mol. The minimum absolute atomic E-state index is 0. The van der Waals surface area contributed by atoms with Gasteiger partial charge in [0.15, 0.2) is 0 Å². The summed E-state index contributed by atoms with van der Waals surface area (Å²) in [5.74, 6) is 0. The van der Waals surface area contributed by atoms with Gasteiger partial charge in [-0.1, -0.05) is 0 Å². The summed E-state index contributed by atoms with van der Waals surface area (Å²) in [6.07, 6.45) is 12.2. The molecule has 152 valence electrons. The number of hydrogen-bond donors (Lipinski definition) is 0. The smallest absolute Gasteiger partial charge is 1.00 e. The molecule has 0 saturated heterocycles. The van der Waals surface area contributed by atoms with Gasteiger partial charge in [-0.25, -0.2) is 0 Å². The molecule has 1 aromatic rings. The van der Waals surface area contributed by atoms with Gasteiger partial charge in [-0.2, -0.15) is 0 Å². The predicted octanol–water partition coefficient (Wildman–Crippen LogP) is 0.437. The largest absolute Gasteiger partial charge is 1.00 e. The van der Waals surface area contributed by atoms with Crippen molar-refractivity contribution < 1.29 is 50.5 Å². The van der Waals surface area contributed by atoms with E-state index in [4.69, 9.17) is 4.43 Å². The number of hydrogen-bond acceptors (Lipinski definition) is 1. The molecule has 1 aromatic carbocycles. The van der Waals surface area contributed by atoms with E-state index < -0.39 is 29.6 Å². The van der Waals surface area contributed by atoms with Crippen molar-refractivity contribution in [1.29, 1.82) is 0 Å². The standard InChI is InChI=1S/C11H19OSi.C9H7.C3H6.2ClH.Zr/c1-10(12-13(2,3)4)9-11-7-5-6-8-11;1-2-5-9-7-3-6-8(9)4-1;1-3-2;;;/h5,7,10H,6,9H2,1-4H3;1-7H;1-2H3;2*1H;/q;;;;;+2/p-2. The fourth-order valence-electron chi connectivity index (χ4n) is 4.28. The van der Waals surface area contributed by atoms with Gasteiger partial charge in [-0.05, 0) is 0 Å². The second-order valence-electron chi connectivity index (χ2n) is 8.73. The molecule has 1 nitrogen and oxygen atoms in total. The molecule has 3 rings (SSSR count). The Kier molecular flexibility index (Phi) is 10.0. The molecular formula is C23H32Cl2OSiZr. The van der Waals surface area contributed by atoms with Crippen LogP contribution in [0.4, 0.5) is 0 Å². The van der Waals surface area contributed by atoms with Gasteiger partial charge in [-0.15, -0.1) is 0 Å². The fraction of sp³-hybridized carbons (Fsp3) is 0.435. The topological polar surface area (TPSA) is 9.23 Å². The molecule has 2 unspecified atom stereocenters. The summed E-state index contributed by atoms with van der Waals surface area (Å²) < 4.78 is 10.5. The van der Waals surface area contributed by atoms with Gasteiger partial charge in [0.2, 0.25) is 0 Å². The van der Waals surface area contributed by atoms with Crippen molar-refractivity contribution in [3.63, 3.8) is 0 Å². The molecule has 0 fully saturated rings. The van der Waals surface area contributed by atoms with Crippen molar-refractivity contribution in [1.82, 2.24) is 0 Å². The van der Waals surface area contributed by atoms with E-state index in [1.807, 2.05) is 0 Å². The first-order valence-electron chi connectivity index (χ1n) is 9.77. The van der Waals surface area contributed by atoms with Crippen LogP contribution in [0.15, 0.2) is 51.3 Å². The molecule has 5 heteroatoms. The Morgan fingerprint density at radius 1 is 1.14 bits per heavy atom. The monoisotopic (exact) mass is 512 g/mol. The molecule has 0 aromatic heterocycles. The fourth-order valence-corrected chi connectivity index (χ4v) is 13.8. The Bertz CT molecular complexity index is 814. The molecule has 0 heterocycles. The number of fused-ring (bicyclic) bond motifs is 1. The summed E-state index contributed by atoms with van der Waals surface area (Å²) in [6, 6.07) is 8.98. The molecule has 2 aliphatic rings. The van der Waals surface area contributed by atoms with Gasteiger partial charge in [0, 0.05) is 0 Å². The van der Waals surface area contributed by atoms with Gasteiger partial charge in [0.25, 0.3) is 0 Å². The number of rotatable bonds is 6. The van der Waals surface area contributed by atoms with Crippen LogP contribution in [0.5, 0.6) is 0 Å². The Morgan fingerprint density at radius 2 is 1.82 bits per heavy atom. The summed E-state index contributed by atoms with van der Waals surface area (Å²) >= 11 is -1.92. The van der Waals surface area contributed by atoms with E-state index in [1.54, 1.807) is 17.6 Å². The van der Waals surface area contributed by atoms with Crippen LogP contribution in [0.3, 0.4) is 0 Å². The molecule has 0 N–H and O–H groups in total. The molecule has 28 heavy (non-hydrogen) atoms. The zero-order valence-corrected chi connectivity index (χ0v) is 22.8. The quantitative estimate of drug-likeness (QED) is 0.501. The van der Waals surface area contributed by atoms with Crippen LogP contribution in [-0.2, 0) is 25.7 Å². The number of benzene rings is 1. The van der Waals surface area contributed by atoms with Crippen molar-refractivity contribution in [2.24, 2.45) is 0 Å². The molecule has 0 amide bonds. The zero-order valence-electron chi connectivity index (χ0n) is 17.9. The molecule has 2 atom stereocenters. The summed E-state index contributed by atoms with van der Waals surface area (Å²) in [5.41, 5.74) is 4.58. The molecular weight excluding hydrogens is 482 g/mol. The van der Waals surface area contributed by atoms with Crippen molar-refractivity contribution >= 4 is 17.6 Å². The van der Waals surface area contributed by atoms with E-state index in [-0.39, 0.29) is 24.8 Å². The molecule has 0 radical (unpaired) electrons. The van der Waals surface area contributed by atoms with E-state index >= 15 is 0 Å². The summed E-state index contributed by atoms with van der Waals surface area (Å²) in [7, 11) is -1.48. The van der Waals surface area contributed by atoms with Gasteiger partial charge >= 0.3 is 169 Å². The third-order valence-corrected chi connectivity index (χ3v) is 14.5. The van der Waals surface area contributed by atoms with Crippen molar-refractivity contribution in [3.8, 4) is 0 Å². The normalized spacial score (nSPS) is 18.1. The van der Waals surface area contributed by atoms with E-state index in [0.29, 0.717) is 9.73 Å². The first-order chi connectivity index (χ1) is 12.3. The maximum atomic E-state index is 6.34. The SMILES string of the molecule is C[C](C)=[Zr+2]([C]1=C(CC(C)O[Si](C)(C)C)C=CC1)[CH]1C=Cc2ccccc21.[Cl-].[Cl-]. The van der Waals surface area contributed by atoms with Gasteiger partial charge in [0.1, 0.15) is 0 Å². The zero-order chi connectivity index (χ0) is 18.9. The number of allylic oxidation sites excluding steroid dienone is 4. The third kappa shape index (κ3) is 6.22. The Balaban J connectivity index is 0.00000196.